The molecule has 1 fully saturated rings. The summed E-state index contributed by atoms with van der Waals surface area (Å²) in [7, 11) is 0. The first kappa shape index (κ1) is 14.2. The maximum absolute atomic E-state index is 5.66. The highest BCUT2D eigenvalue weighted by atomic mass is 35.5. The summed E-state index contributed by atoms with van der Waals surface area (Å²) in [5.74, 6) is 0. The molecule has 3 heteroatoms. The van der Waals surface area contributed by atoms with Crippen LogP contribution in [0.1, 0.15) is 40.5 Å². The summed E-state index contributed by atoms with van der Waals surface area (Å²) in [5.41, 5.74) is 0.325. The van der Waals surface area contributed by atoms with E-state index in [4.69, 9.17) is 4.74 Å². The predicted octanol–water partition coefficient (Wildman–Crippen LogP) is 2.61. The van der Waals surface area contributed by atoms with Gasteiger partial charge in [0.15, 0.2) is 0 Å². The van der Waals surface area contributed by atoms with Gasteiger partial charge in [-0.25, -0.2) is 0 Å². The molecule has 1 rings (SSSR count). The lowest BCUT2D eigenvalue weighted by molar-refractivity contribution is -0.113. The Morgan fingerprint density at radius 3 is 2.43 bits per heavy atom. The zero-order valence-corrected chi connectivity index (χ0v) is 10.6. The molecule has 1 N–H and O–H groups in total. The Labute approximate surface area is 94.2 Å². The summed E-state index contributed by atoms with van der Waals surface area (Å²) in [6.45, 7) is 10.8. The van der Waals surface area contributed by atoms with E-state index in [1.54, 1.807) is 0 Å². The van der Waals surface area contributed by atoms with E-state index >= 15 is 0 Å². The van der Waals surface area contributed by atoms with Gasteiger partial charge in [-0.2, -0.15) is 0 Å². The number of halogens is 1. The first-order valence-electron chi connectivity index (χ1n) is 5.47. The third-order valence-corrected chi connectivity index (χ3v) is 3.19. The van der Waals surface area contributed by atoms with E-state index in [0.717, 1.165) is 13.2 Å². The molecule has 1 saturated carbocycles. The van der Waals surface area contributed by atoms with Crippen LogP contribution in [-0.4, -0.2) is 25.3 Å². The van der Waals surface area contributed by atoms with Crippen LogP contribution in [0.25, 0.3) is 0 Å². The van der Waals surface area contributed by atoms with Crippen molar-refractivity contribution in [2.45, 2.75) is 52.7 Å². The molecule has 2 atom stereocenters. The van der Waals surface area contributed by atoms with Gasteiger partial charge in [-0.1, -0.05) is 20.8 Å². The second kappa shape index (κ2) is 5.94. The lowest BCUT2D eigenvalue weighted by atomic mass is 9.64. The van der Waals surface area contributed by atoms with E-state index in [2.05, 4.69) is 33.0 Å². The second-order valence-corrected chi connectivity index (χ2v) is 4.51. The van der Waals surface area contributed by atoms with E-state index in [-0.39, 0.29) is 12.4 Å². The van der Waals surface area contributed by atoms with Gasteiger partial charge in [0.25, 0.3) is 0 Å². The van der Waals surface area contributed by atoms with E-state index < -0.39 is 0 Å². The zero-order valence-electron chi connectivity index (χ0n) is 9.80. The minimum atomic E-state index is 0. The molecule has 14 heavy (non-hydrogen) atoms. The van der Waals surface area contributed by atoms with E-state index in [1.807, 2.05) is 0 Å². The minimum absolute atomic E-state index is 0. The number of ether oxygens (including phenoxy) is 1. The molecule has 1 aliphatic rings. The van der Waals surface area contributed by atoms with Crippen LogP contribution >= 0.6 is 12.4 Å². The van der Waals surface area contributed by atoms with Gasteiger partial charge >= 0.3 is 0 Å². The van der Waals surface area contributed by atoms with Crippen LogP contribution in [0.4, 0.5) is 0 Å². The maximum Gasteiger partial charge on any atom is 0.0655 e. The summed E-state index contributed by atoms with van der Waals surface area (Å²) in [6, 6.07) is 0.656. The molecule has 0 saturated heterocycles. The molecule has 0 amide bonds. The Morgan fingerprint density at radius 1 is 1.36 bits per heavy atom. The molecule has 0 radical (unpaired) electrons. The molecule has 86 valence electrons. The minimum Gasteiger partial charge on any atom is -0.378 e. The van der Waals surface area contributed by atoms with Crippen molar-refractivity contribution in [2.24, 2.45) is 5.41 Å². The molecule has 0 aromatic rings. The normalized spacial score (nSPS) is 29.1. The Bertz CT molecular complexity index is 161. The van der Waals surface area contributed by atoms with Crippen molar-refractivity contribution >= 4 is 12.4 Å². The van der Waals surface area contributed by atoms with Gasteiger partial charge in [0, 0.05) is 18.1 Å². The van der Waals surface area contributed by atoms with Crippen LogP contribution in [0.2, 0.25) is 0 Å². The third kappa shape index (κ3) is 2.85. The molecule has 0 aromatic heterocycles. The Hall–Kier alpha value is 0.210. The van der Waals surface area contributed by atoms with Gasteiger partial charge in [0.05, 0.1) is 6.10 Å². The topological polar surface area (TPSA) is 21.3 Å². The van der Waals surface area contributed by atoms with Gasteiger partial charge < -0.3 is 10.1 Å². The molecular weight excluding hydrogens is 198 g/mol. The second-order valence-electron chi connectivity index (χ2n) is 4.51. The molecule has 2 unspecified atom stereocenters. The summed E-state index contributed by atoms with van der Waals surface area (Å²) in [4.78, 5) is 0. The lowest BCUT2D eigenvalue weighted by Crippen LogP contribution is -2.61. The third-order valence-electron chi connectivity index (χ3n) is 3.19. The molecule has 0 aromatic carbocycles. The Morgan fingerprint density at radius 2 is 2.00 bits per heavy atom. The van der Waals surface area contributed by atoms with Crippen molar-refractivity contribution in [3.63, 3.8) is 0 Å². The molecule has 0 aliphatic heterocycles. The highest BCUT2D eigenvalue weighted by molar-refractivity contribution is 5.85. The van der Waals surface area contributed by atoms with Crippen molar-refractivity contribution in [3.8, 4) is 0 Å². The van der Waals surface area contributed by atoms with E-state index in [0.29, 0.717) is 17.6 Å². The molecule has 0 spiro atoms. The summed E-state index contributed by atoms with van der Waals surface area (Å²) >= 11 is 0. The lowest BCUT2D eigenvalue weighted by Gasteiger charge is -2.52. The van der Waals surface area contributed by atoms with E-state index in [9.17, 15) is 0 Å². The number of rotatable bonds is 5. The zero-order chi connectivity index (χ0) is 9.90. The molecule has 0 bridgehead atoms. The monoisotopic (exact) mass is 221 g/mol. The quantitative estimate of drug-likeness (QED) is 0.771. The molecular formula is C11H24ClNO. The average Bonchev–Trinajstić information content (AvgIpc) is 2.10. The smallest absolute Gasteiger partial charge is 0.0655 e. The number of hydrogen-bond acceptors (Lipinski definition) is 2. The van der Waals surface area contributed by atoms with Crippen LogP contribution in [0.5, 0.6) is 0 Å². The molecule has 1 aliphatic carbocycles. The maximum atomic E-state index is 5.66. The average molecular weight is 222 g/mol. The van der Waals surface area contributed by atoms with Crippen LogP contribution in [-0.2, 0) is 4.74 Å². The number of hydrogen-bond donors (Lipinski definition) is 1. The highest BCUT2D eigenvalue weighted by Gasteiger charge is 2.48. The Kier molecular flexibility index (Phi) is 6.03. The van der Waals surface area contributed by atoms with Gasteiger partial charge in [-0.3, -0.25) is 0 Å². The van der Waals surface area contributed by atoms with Crippen molar-refractivity contribution in [1.29, 1.82) is 0 Å². The fourth-order valence-electron chi connectivity index (χ4n) is 2.03. The molecule has 0 heterocycles. The van der Waals surface area contributed by atoms with Crippen LogP contribution < -0.4 is 5.32 Å². The van der Waals surface area contributed by atoms with Gasteiger partial charge in [-0.05, 0) is 26.3 Å². The molecule has 2 nitrogen and oxygen atoms in total. The van der Waals surface area contributed by atoms with E-state index in [1.165, 1.54) is 12.8 Å². The van der Waals surface area contributed by atoms with Crippen LogP contribution in [0.15, 0.2) is 0 Å². The highest BCUT2D eigenvalue weighted by Crippen LogP contribution is 2.42. The van der Waals surface area contributed by atoms with Gasteiger partial charge in [0.1, 0.15) is 0 Å². The fraction of sp³-hybridized carbons (Fsp3) is 1.00. The summed E-state index contributed by atoms with van der Waals surface area (Å²) in [6.07, 6.45) is 2.86. The standard InChI is InChI=1S/C11H23NO.ClH/c1-5-7-12-9-8-10(13-6-2)11(9,3)4;/h9-10,12H,5-8H2,1-4H3;1H. The summed E-state index contributed by atoms with van der Waals surface area (Å²) in [5, 5.41) is 3.57. The van der Waals surface area contributed by atoms with Gasteiger partial charge in [-0.15, -0.1) is 12.4 Å². The van der Waals surface area contributed by atoms with Crippen LogP contribution in [0, 0.1) is 5.41 Å². The largest absolute Gasteiger partial charge is 0.378 e. The van der Waals surface area contributed by atoms with Crippen molar-refractivity contribution in [1.82, 2.24) is 5.32 Å². The number of nitrogens with one attached hydrogen (secondary N) is 1. The first-order valence-corrected chi connectivity index (χ1v) is 5.47. The van der Waals surface area contributed by atoms with Crippen LogP contribution in [0.3, 0.4) is 0 Å². The van der Waals surface area contributed by atoms with Crippen molar-refractivity contribution in [2.75, 3.05) is 13.2 Å². The van der Waals surface area contributed by atoms with Crippen molar-refractivity contribution < 1.29 is 4.74 Å². The predicted molar refractivity (Wildman–Crippen MR) is 63.1 cm³/mol. The van der Waals surface area contributed by atoms with Crippen molar-refractivity contribution in [3.05, 3.63) is 0 Å². The fourth-order valence-corrected chi connectivity index (χ4v) is 2.03. The summed E-state index contributed by atoms with van der Waals surface area (Å²) < 4.78 is 5.66. The van der Waals surface area contributed by atoms with Gasteiger partial charge in [0.2, 0.25) is 0 Å². The SMILES string of the molecule is CCCNC1CC(OCC)C1(C)C.Cl. The first-order chi connectivity index (χ1) is 6.12. The Balaban J connectivity index is 0.00000169.